The van der Waals surface area contributed by atoms with Crippen molar-refractivity contribution in [1.82, 2.24) is 0 Å². The van der Waals surface area contributed by atoms with E-state index in [9.17, 15) is 23.1 Å². The fraction of sp³-hybridized carbons (Fsp3) is 0.200. The number of carboxylic acids is 1. The van der Waals surface area contributed by atoms with Crippen LogP contribution in [0.2, 0.25) is 5.02 Å². The lowest BCUT2D eigenvalue weighted by molar-refractivity contribution is -0.132. The molecule has 2 aromatic carbocycles. The zero-order chi connectivity index (χ0) is 20.9. The minimum atomic E-state index is -3.37. The first-order valence-corrected chi connectivity index (χ1v) is 11.5. The number of hydrogen-bond acceptors (Lipinski definition) is 5. The van der Waals surface area contributed by atoms with Gasteiger partial charge in [0.25, 0.3) is 0 Å². The molecular formula is C20H19ClO5S2. The van der Waals surface area contributed by atoms with Crippen LogP contribution in [0.15, 0.2) is 59.0 Å². The average molecular weight is 439 g/mol. The van der Waals surface area contributed by atoms with E-state index in [4.69, 9.17) is 11.6 Å². The molecule has 0 saturated heterocycles. The molecule has 0 heterocycles. The molecule has 0 unspecified atom stereocenters. The lowest BCUT2D eigenvalue weighted by Crippen LogP contribution is -2.08. The van der Waals surface area contributed by atoms with Crippen molar-refractivity contribution in [2.75, 3.05) is 12.0 Å². The number of carbonyl (C=O) groups excluding carboxylic acids is 1. The highest BCUT2D eigenvalue weighted by Gasteiger charge is 2.19. The normalized spacial score (nSPS) is 12.4. The first-order chi connectivity index (χ1) is 13.1. The molecule has 148 valence electrons. The summed E-state index contributed by atoms with van der Waals surface area (Å²) in [5, 5.41) is 10.2. The summed E-state index contributed by atoms with van der Waals surface area (Å²) in [5.41, 5.74) is 1.82. The number of rotatable bonds is 7. The molecule has 2 rings (SSSR count). The summed E-state index contributed by atoms with van der Waals surface area (Å²) in [5.74, 6) is -0.767. The van der Waals surface area contributed by atoms with Crippen molar-refractivity contribution in [3.8, 4) is 0 Å². The minimum Gasteiger partial charge on any atom is -0.478 e. The van der Waals surface area contributed by atoms with E-state index < -0.39 is 15.8 Å². The molecule has 1 N–H and O–H groups in total. The molecule has 0 aliphatic carbocycles. The van der Waals surface area contributed by atoms with E-state index in [2.05, 4.69) is 0 Å². The second-order valence-electron chi connectivity index (χ2n) is 6.05. The number of aliphatic carboxylic acids is 1. The fourth-order valence-electron chi connectivity index (χ4n) is 2.64. The van der Waals surface area contributed by atoms with Gasteiger partial charge in [-0.15, -0.1) is 0 Å². The van der Waals surface area contributed by atoms with Crippen molar-refractivity contribution in [2.45, 2.75) is 18.2 Å². The third kappa shape index (κ3) is 5.95. The van der Waals surface area contributed by atoms with Gasteiger partial charge in [0.05, 0.1) is 4.90 Å². The van der Waals surface area contributed by atoms with Gasteiger partial charge >= 0.3 is 5.97 Å². The van der Waals surface area contributed by atoms with Crippen LogP contribution in [0.5, 0.6) is 0 Å². The number of carbonyl (C=O) groups is 2. The zero-order valence-electron chi connectivity index (χ0n) is 15.3. The summed E-state index contributed by atoms with van der Waals surface area (Å²) in [6, 6.07) is 12.8. The van der Waals surface area contributed by atoms with Crippen molar-refractivity contribution in [2.24, 2.45) is 0 Å². The third-order valence-electron chi connectivity index (χ3n) is 3.92. The maximum atomic E-state index is 12.0. The van der Waals surface area contributed by atoms with Gasteiger partial charge in [-0.2, -0.15) is 0 Å². The van der Waals surface area contributed by atoms with E-state index in [-0.39, 0.29) is 22.0 Å². The van der Waals surface area contributed by atoms with Gasteiger partial charge in [-0.1, -0.05) is 47.6 Å². The minimum absolute atomic E-state index is 0.0877. The van der Waals surface area contributed by atoms with Gasteiger partial charge in [0.1, 0.15) is 0 Å². The summed E-state index contributed by atoms with van der Waals surface area (Å²) in [4.78, 5) is 23.3. The Labute approximate surface area is 173 Å². The van der Waals surface area contributed by atoms with Gasteiger partial charge in [-0.25, -0.2) is 13.2 Å². The molecule has 5 nitrogen and oxygen atoms in total. The van der Waals surface area contributed by atoms with Crippen molar-refractivity contribution in [3.63, 3.8) is 0 Å². The number of sulfone groups is 1. The van der Waals surface area contributed by atoms with Crippen LogP contribution in [-0.2, 0) is 19.4 Å². The van der Waals surface area contributed by atoms with Crippen LogP contribution in [-0.4, -0.2) is 36.6 Å². The van der Waals surface area contributed by atoms with Crippen LogP contribution in [0.3, 0.4) is 0 Å². The molecule has 0 amide bonds. The second-order valence-corrected chi connectivity index (χ2v) is 9.78. The molecule has 0 saturated carbocycles. The smallest absolute Gasteiger partial charge is 0.332 e. The van der Waals surface area contributed by atoms with Crippen LogP contribution in [0.1, 0.15) is 24.5 Å². The van der Waals surface area contributed by atoms with Crippen molar-refractivity contribution >= 4 is 49.9 Å². The topological polar surface area (TPSA) is 88.5 Å². The van der Waals surface area contributed by atoms with E-state index in [1.807, 2.05) is 0 Å². The zero-order valence-corrected chi connectivity index (χ0v) is 17.7. The molecule has 28 heavy (non-hydrogen) atoms. The van der Waals surface area contributed by atoms with Crippen LogP contribution in [0.4, 0.5) is 0 Å². The average Bonchev–Trinajstić information content (AvgIpc) is 2.61. The maximum absolute atomic E-state index is 12.0. The van der Waals surface area contributed by atoms with Gasteiger partial charge in [0, 0.05) is 29.5 Å². The maximum Gasteiger partial charge on any atom is 0.332 e. The van der Waals surface area contributed by atoms with Gasteiger partial charge in [-0.05, 0) is 47.4 Å². The van der Waals surface area contributed by atoms with Crippen LogP contribution in [0.25, 0.3) is 5.57 Å². The highest BCUT2D eigenvalue weighted by atomic mass is 35.5. The van der Waals surface area contributed by atoms with Crippen molar-refractivity contribution in [1.29, 1.82) is 0 Å². The summed E-state index contributed by atoms with van der Waals surface area (Å²) >= 11 is 7.01. The largest absolute Gasteiger partial charge is 0.478 e. The quantitative estimate of drug-likeness (QED) is 0.648. The van der Waals surface area contributed by atoms with E-state index in [0.717, 1.165) is 18.0 Å². The van der Waals surface area contributed by atoms with E-state index >= 15 is 0 Å². The van der Waals surface area contributed by atoms with E-state index in [1.165, 1.54) is 19.1 Å². The third-order valence-corrected chi connectivity index (χ3v) is 6.12. The molecular weight excluding hydrogens is 420 g/mol. The summed E-state index contributed by atoms with van der Waals surface area (Å²) in [6.07, 6.45) is 1.28. The lowest BCUT2D eigenvalue weighted by atomic mass is 9.92. The lowest BCUT2D eigenvalue weighted by Gasteiger charge is -2.14. The molecule has 0 aromatic heterocycles. The predicted molar refractivity (Wildman–Crippen MR) is 112 cm³/mol. The number of halogens is 1. The Bertz CT molecular complexity index is 1010. The van der Waals surface area contributed by atoms with Crippen molar-refractivity contribution < 1.29 is 23.1 Å². The van der Waals surface area contributed by atoms with Gasteiger partial charge in [0.15, 0.2) is 15.0 Å². The standard InChI is InChI=1S/C20H19ClO5S2/c1-13(22)27-12-11-18(20(23)24)19(14-3-7-16(21)8-4-14)15-5-9-17(10-6-15)28(2,25)26/h3-10H,11-12H2,1-2H3,(H,23,24)/b19-18+. The Morgan fingerprint density at radius 3 is 1.93 bits per heavy atom. The first kappa shape index (κ1) is 22.2. The predicted octanol–water partition coefficient (Wildman–Crippen LogP) is 4.30. The van der Waals surface area contributed by atoms with Crippen LogP contribution in [0, 0.1) is 0 Å². The Kier molecular flexibility index (Phi) is 7.46. The summed E-state index contributed by atoms with van der Waals surface area (Å²) in [6.45, 7) is 1.43. The highest BCUT2D eigenvalue weighted by Crippen LogP contribution is 2.31. The van der Waals surface area contributed by atoms with Gasteiger partial charge < -0.3 is 5.11 Å². The summed E-state index contributed by atoms with van der Waals surface area (Å²) in [7, 11) is -3.37. The number of thioether (sulfide) groups is 1. The monoisotopic (exact) mass is 438 g/mol. The van der Waals surface area contributed by atoms with Gasteiger partial charge in [-0.3, -0.25) is 4.79 Å². The van der Waals surface area contributed by atoms with Crippen LogP contribution >= 0.6 is 23.4 Å². The molecule has 0 atom stereocenters. The molecule has 0 spiro atoms. The highest BCUT2D eigenvalue weighted by molar-refractivity contribution is 8.13. The number of hydrogen-bond donors (Lipinski definition) is 1. The van der Waals surface area contributed by atoms with Crippen molar-refractivity contribution in [3.05, 3.63) is 70.3 Å². The Morgan fingerprint density at radius 1 is 1.00 bits per heavy atom. The molecule has 0 fully saturated rings. The Balaban J connectivity index is 2.62. The summed E-state index contributed by atoms with van der Waals surface area (Å²) < 4.78 is 23.4. The molecule has 8 heteroatoms. The molecule has 0 aliphatic heterocycles. The molecule has 0 bridgehead atoms. The molecule has 0 aliphatic rings. The Hall–Kier alpha value is -2.09. The number of carboxylic acid groups (broad SMARTS) is 1. The molecule has 0 radical (unpaired) electrons. The SMILES string of the molecule is CC(=O)SCC/C(C(=O)O)=C(/c1ccc(Cl)cc1)c1ccc(S(C)(=O)=O)cc1. The fourth-order valence-corrected chi connectivity index (χ4v) is 3.99. The number of benzene rings is 2. The Morgan fingerprint density at radius 2 is 1.50 bits per heavy atom. The second kappa shape index (κ2) is 9.41. The molecule has 2 aromatic rings. The van der Waals surface area contributed by atoms with Gasteiger partial charge in [0.2, 0.25) is 0 Å². The van der Waals surface area contributed by atoms with E-state index in [1.54, 1.807) is 36.4 Å². The van der Waals surface area contributed by atoms with E-state index in [0.29, 0.717) is 27.5 Å². The first-order valence-electron chi connectivity index (χ1n) is 8.26. The van der Waals surface area contributed by atoms with Crippen LogP contribution < -0.4 is 0 Å².